The van der Waals surface area contributed by atoms with Gasteiger partial charge in [-0.05, 0) is 46.1 Å². The summed E-state index contributed by atoms with van der Waals surface area (Å²) in [6, 6.07) is 0. The number of carbonyl (C=O) groups is 1. The molecule has 116 valence electrons. The second-order valence-corrected chi connectivity index (χ2v) is 6.92. The van der Waals surface area contributed by atoms with Crippen molar-refractivity contribution in [1.82, 2.24) is 20.4 Å². The van der Waals surface area contributed by atoms with Crippen molar-refractivity contribution in [2.45, 2.75) is 33.2 Å². The average molecular weight is 291 g/mol. The van der Waals surface area contributed by atoms with Gasteiger partial charge in [0.15, 0.2) is 0 Å². The Hall–Kier alpha value is -1.40. The second-order valence-electron chi connectivity index (χ2n) is 6.92. The summed E-state index contributed by atoms with van der Waals surface area (Å²) >= 11 is 0. The highest BCUT2D eigenvalue weighted by atomic mass is 16.2. The summed E-state index contributed by atoms with van der Waals surface area (Å²) in [6.07, 6.45) is 0. The van der Waals surface area contributed by atoms with E-state index in [-0.39, 0.29) is 11.4 Å². The van der Waals surface area contributed by atoms with Crippen LogP contribution >= 0.6 is 0 Å². The SMILES string of the molecule is Cc1n[nH]c(C)c1NC(=O)CN1CC2CNCC2C1(C)C. The predicted octanol–water partition coefficient (Wildman–Crippen LogP) is 0.895. The highest BCUT2D eigenvalue weighted by Gasteiger charge is 2.49. The fourth-order valence-electron chi connectivity index (χ4n) is 3.86. The quantitative estimate of drug-likeness (QED) is 0.773. The minimum atomic E-state index is 0.0450. The molecule has 2 unspecified atom stereocenters. The lowest BCUT2D eigenvalue weighted by Gasteiger charge is -2.35. The van der Waals surface area contributed by atoms with E-state index in [9.17, 15) is 4.79 Å². The van der Waals surface area contributed by atoms with Crippen molar-refractivity contribution in [3.05, 3.63) is 11.4 Å². The zero-order valence-corrected chi connectivity index (χ0v) is 13.3. The van der Waals surface area contributed by atoms with E-state index in [1.54, 1.807) is 0 Å². The molecule has 2 aliphatic rings. The van der Waals surface area contributed by atoms with Gasteiger partial charge in [-0.3, -0.25) is 14.8 Å². The molecular formula is C15H25N5O. The Morgan fingerprint density at radius 1 is 1.43 bits per heavy atom. The summed E-state index contributed by atoms with van der Waals surface area (Å²) in [7, 11) is 0. The number of rotatable bonds is 3. The molecule has 6 heteroatoms. The van der Waals surface area contributed by atoms with Gasteiger partial charge in [0.25, 0.3) is 0 Å². The molecule has 3 rings (SSSR count). The molecule has 3 heterocycles. The van der Waals surface area contributed by atoms with Gasteiger partial charge < -0.3 is 10.6 Å². The van der Waals surface area contributed by atoms with E-state index in [4.69, 9.17) is 0 Å². The molecule has 6 nitrogen and oxygen atoms in total. The molecule has 1 aromatic rings. The van der Waals surface area contributed by atoms with Crippen LogP contribution in [0.1, 0.15) is 25.2 Å². The Bertz CT molecular complexity index is 531. The van der Waals surface area contributed by atoms with Crippen LogP contribution in [0.5, 0.6) is 0 Å². The van der Waals surface area contributed by atoms with Crippen molar-refractivity contribution >= 4 is 11.6 Å². The smallest absolute Gasteiger partial charge is 0.238 e. The molecule has 3 N–H and O–H groups in total. The summed E-state index contributed by atoms with van der Waals surface area (Å²) < 4.78 is 0. The Labute approximate surface area is 125 Å². The third kappa shape index (κ3) is 2.46. The van der Waals surface area contributed by atoms with Crippen LogP contribution < -0.4 is 10.6 Å². The minimum Gasteiger partial charge on any atom is -0.322 e. The normalized spacial score (nSPS) is 27.8. The van der Waals surface area contributed by atoms with Crippen LogP contribution in [0.2, 0.25) is 0 Å². The molecule has 0 spiro atoms. The molecule has 21 heavy (non-hydrogen) atoms. The Morgan fingerprint density at radius 3 is 2.81 bits per heavy atom. The number of aryl methyl sites for hydroxylation is 2. The standard InChI is InChI=1S/C15H25N5O/c1-9-14(10(2)19-18-9)17-13(21)8-20-7-11-5-16-6-12(11)15(20,3)4/h11-12,16H,5-8H2,1-4H3,(H,17,21)(H,18,19). The minimum absolute atomic E-state index is 0.0450. The van der Waals surface area contributed by atoms with Crippen LogP contribution in [-0.2, 0) is 4.79 Å². The summed E-state index contributed by atoms with van der Waals surface area (Å²) in [5.41, 5.74) is 2.63. The summed E-state index contributed by atoms with van der Waals surface area (Å²) in [5.74, 6) is 1.36. The van der Waals surface area contributed by atoms with Crippen LogP contribution in [0, 0.1) is 25.7 Å². The van der Waals surface area contributed by atoms with Gasteiger partial charge in [-0.15, -0.1) is 0 Å². The van der Waals surface area contributed by atoms with Gasteiger partial charge in [-0.2, -0.15) is 5.10 Å². The lowest BCUT2D eigenvalue weighted by atomic mass is 9.85. The van der Waals surface area contributed by atoms with Crippen LogP contribution in [0.15, 0.2) is 0 Å². The summed E-state index contributed by atoms with van der Waals surface area (Å²) in [6.45, 7) is 11.9. The van der Waals surface area contributed by atoms with E-state index in [0.717, 1.165) is 36.7 Å². The van der Waals surface area contributed by atoms with Crippen LogP contribution in [0.4, 0.5) is 5.69 Å². The van der Waals surface area contributed by atoms with Crippen molar-refractivity contribution in [1.29, 1.82) is 0 Å². The number of amides is 1. The summed E-state index contributed by atoms with van der Waals surface area (Å²) in [5, 5.41) is 13.5. The highest BCUT2D eigenvalue weighted by Crippen LogP contribution is 2.40. The second kappa shape index (κ2) is 5.10. The first-order valence-electron chi connectivity index (χ1n) is 7.66. The Kier molecular flexibility index (Phi) is 3.53. The fourth-order valence-corrected chi connectivity index (χ4v) is 3.86. The van der Waals surface area contributed by atoms with E-state index >= 15 is 0 Å². The van der Waals surface area contributed by atoms with Crippen molar-refractivity contribution in [2.75, 3.05) is 31.5 Å². The molecule has 0 radical (unpaired) electrons. The number of aromatic nitrogens is 2. The number of fused-ring (bicyclic) bond motifs is 1. The molecule has 2 atom stereocenters. The first kappa shape index (κ1) is 14.5. The van der Waals surface area contributed by atoms with Gasteiger partial charge in [-0.1, -0.05) is 0 Å². The molecule has 2 saturated heterocycles. The Morgan fingerprint density at radius 2 is 2.19 bits per heavy atom. The molecule has 2 fully saturated rings. The zero-order chi connectivity index (χ0) is 15.2. The number of H-pyrrole nitrogens is 1. The van der Waals surface area contributed by atoms with Gasteiger partial charge in [0.05, 0.1) is 23.6 Å². The number of hydrogen-bond donors (Lipinski definition) is 3. The number of likely N-dealkylation sites (tertiary alicyclic amines) is 1. The summed E-state index contributed by atoms with van der Waals surface area (Å²) in [4.78, 5) is 14.7. The molecule has 2 aliphatic heterocycles. The number of anilines is 1. The molecule has 0 bridgehead atoms. The highest BCUT2D eigenvalue weighted by molar-refractivity contribution is 5.93. The maximum absolute atomic E-state index is 12.4. The van der Waals surface area contributed by atoms with Crippen molar-refractivity contribution in [2.24, 2.45) is 11.8 Å². The third-order valence-corrected chi connectivity index (χ3v) is 5.24. The van der Waals surface area contributed by atoms with Gasteiger partial charge >= 0.3 is 0 Å². The number of aromatic amines is 1. The van der Waals surface area contributed by atoms with E-state index < -0.39 is 0 Å². The van der Waals surface area contributed by atoms with E-state index in [1.165, 1.54) is 0 Å². The van der Waals surface area contributed by atoms with Gasteiger partial charge in [0, 0.05) is 18.6 Å². The van der Waals surface area contributed by atoms with Gasteiger partial charge in [0.2, 0.25) is 5.91 Å². The largest absolute Gasteiger partial charge is 0.322 e. The molecular weight excluding hydrogens is 266 g/mol. The van der Waals surface area contributed by atoms with Gasteiger partial charge in [-0.25, -0.2) is 0 Å². The topological polar surface area (TPSA) is 73.0 Å². The molecule has 1 amide bonds. The lowest BCUT2D eigenvalue weighted by Crippen LogP contribution is -2.47. The van der Waals surface area contributed by atoms with Crippen LogP contribution in [0.25, 0.3) is 0 Å². The lowest BCUT2D eigenvalue weighted by molar-refractivity contribution is -0.118. The number of nitrogens with one attached hydrogen (secondary N) is 3. The van der Waals surface area contributed by atoms with E-state index in [1.807, 2.05) is 13.8 Å². The van der Waals surface area contributed by atoms with Gasteiger partial charge in [0.1, 0.15) is 0 Å². The number of carbonyl (C=O) groups excluding carboxylic acids is 1. The van der Waals surface area contributed by atoms with Crippen molar-refractivity contribution in [3.63, 3.8) is 0 Å². The molecule has 1 aromatic heterocycles. The van der Waals surface area contributed by atoms with E-state index in [0.29, 0.717) is 18.4 Å². The maximum Gasteiger partial charge on any atom is 0.238 e. The first-order chi connectivity index (χ1) is 9.89. The fraction of sp³-hybridized carbons (Fsp3) is 0.733. The first-order valence-corrected chi connectivity index (χ1v) is 7.66. The average Bonchev–Trinajstić information content (AvgIpc) is 3.05. The monoisotopic (exact) mass is 291 g/mol. The third-order valence-electron chi connectivity index (χ3n) is 5.24. The zero-order valence-electron chi connectivity index (χ0n) is 13.3. The molecule has 0 saturated carbocycles. The molecule has 0 aromatic carbocycles. The number of hydrogen-bond acceptors (Lipinski definition) is 4. The van der Waals surface area contributed by atoms with Crippen LogP contribution in [0.3, 0.4) is 0 Å². The maximum atomic E-state index is 12.4. The number of nitrogens with zero attached hydrogens (tertiary/aromatic N) is 2. The molecule has 0 aliphatic carbocycles. The Balaban J connectivity index is 1.66. The van der Waals surface area contributed by atoms with Crippen molar-refractivity contribution in [3.8, 4) is 0 Å². The van der Waals surface area contributed by atoms with E-state index in [2.05, 4.69) is 39.6 Å². The predicted molar refractivity (Wildman–Crippen MR) is 82.2 cm³/mol. The van der Waals surface area contributed by atoms with Crippen LogP contribution in [-0.4, -0.2) is 52.7 Å². The van der Waals surface area contributed by atoms with Crippen molar-refractivity contribution < 1.29 is 4.79 Å².